The number of anilines is 2. The minimum Gasteiger partial charge on any atom is -0.278 e. The molecule has 1 aliphatic rings. The fourth-order valence-corrected chi connectivity index (χ4v) is 3.96. The summed E-state index contributed by atoms with van der Waals surface area (Å²) in [5.41, 5.74) is 3.59. The fraction of sp³-hybridized carbons (Fsp3) is 0.188. The van der Waals surface area contributed by atoms with E-state index in [1.807, 2.05) is 13.0 Å². The molecule has 21 heavy (non-hydrogen) atoms. The second kappa shape index (κ2) is 5.64. The first kappa shape index (κ1) is 14.9. The monoisotopic (exact) mass is 383 g/mol. The van der Waals surface area contributed by atoms with Crippen molar-refractivity contribution in [3.05, 3.63) is 56.0 Å². The summed E-state index contributed by atoms with van der Waals surface area (Å²) in [6, 6.07) is 9.32. The number of rotatable bonds is 1. The van der Waals surface area contributed by atoms with Gasteiger partial charge in [-0.1, -0.05) is 45.2 Å². The molecular formula is C16H12BrCl2NO. The van der Waals surface area contributed by atoms with Gasteiger partial charge in [0.1, 0.15) is 0 Å². The van der Waals surface area contributed by atoms with Gasteiger partial charge in [0, 0.05) is 10.9 Å². The Kier molecular flexibility index (Phi) is 4.00. The molecule has 2 aromatic rings. The number of amides is 1. The number of hydrogen-bond donors (Lipinski definition) is 0. The lowest BCUT2D eigenvalue weighted by Crippen LogP contribution is -2.31. The maximum atomic E-state index is 12.5. The summed E-state index contributed by atoms with van der Waals surface area (Å²) in [5, 5.41) is 0.947. The van der Waals surface area contributed by atoms with Crippen molar-refractivity contribution in [2.45, 2.75) is 19.8 Å². The smallest absolute Gasteiger partial charge is 0.231 e. The SMILES string of the molecule is Cc1cc(Br)c2c(c1)N(c1c(Cl)cccc1Cl)C(=O)CC2. The highest BCUT2D eigenvalue weighted by molar-refractivity contribution is 9.10. The maximum Gasteiger partial charge on any atom is 0.231 e. The summed E-state index contributed by atoms with van der Waals surface area (Å²) in [6.45, 7) is 2.00. The van der Waals surface area contributed by atoms with Crippen molar-refractivity contribution in [2.75, 3.05) is 4.90 Å². The first-order valence-corrected chi connectivity index (χ1v) is 8.10. The Labute approximate surface area is 141 Å². The molecule has 5 heteroatoms. The predicted octanol–water partition coefficient (Wildman–Crippen LogP) is 5.68. The van der Waals surface area contributed by atoms with Crippen molar-refractivity contribution < 1.29 is 4.79 Å². The van der Waals surface area contributed by atoms with E-state index >= 15 is 0 Å². The molecular weight excluding hydrogens is 373 g/mol. The van der Waals surface area contributed by atoms with Gasteiger partial charge in [-0.2, -0.15) is 0 Å². The maximum absolute atomic E-state index is 12.5. The van der Waals surface area contributed by atoms with Crippen molar-refractivity contribution in [1.82, 2.24) is 0 Å². The van der Waals surface area contributed by atoms with Gasteiger partial charge < -0.3 is 0 Å². The third kappa shape index (κ3) is 2.59. The number of aryl methyl sites for hydroxylation is 1. The largest absolute Gasteiger partial charge is 0.278 e. The summed E-state index contributed by atoms with van der Waals surface area (Å²) < 4.78 is 1.01. The number of halogens is 3. The zero-order chi connectivity index (χ0) is 15.1. The van der Waals surface area contributed by atoms with Gasteiger partial charge in [-0.3, -0.25) is 9.69 Å². The lowest BCUT2D eigenvalue weighted by atomic mass is 9.98. The number of carbonyl (C=O) groups is 1. The molecule has 3 rings (SSSR count). The Morgan fingerprint density at radius 2 is 1.81 bits per heavy atom. The van der Waals surface area contributed by atoms with Crippen LogP contribution in [0.15, 0.2) is 34.8 Å². The summed E-state index contributed by atoms with van der Waals surface area (Å²) in [6.07, 6.45) is 1.16. The number of benzene rings is 2. The third-order valence-electron chi connectivity index (χ3n) is 3.56. The van der Waals surface area contributed by atoms with Crippen LogP contribution >= 0.6 is 39.1 Å². The molecule has 0 radical (unpaired) electrons. The molecule has 1 aliphatic heterocycles. The number of fused-ring (bicyclic) bond motifs is 1. The average molecular weight is 385 g/mol. The normalized spacial score (nSPS) is 14.3. The van der Waals surface area contributed by atoms with Crippen LogP contribution in [0.25, 0.3) is 0 Å². The highest BCUT2D eigenvalue weighted by Gasteiger charge is 2.29. The van der Waals surface area contributed by atoms with E-state index in [9.17, 15) is 4.79 Å². The molecule has 0 saturated carbocycles. The Balaban J connectivity index is 2.27. The number of hydrogen-bond acceptors (Lipinski definition) is 1. The molecule has 0 bridgehead atoms. The molecule has 0 spiro atoms. The number of carbonyl (C=O) groups excluding carboxylic acids is 1. The quantitative estimate of drug-likeness (QED) is 0.619. The van der Waals surface area contributed by atoms with E-state index in [1.54, 1.807) is 23.1 Å². The van der Waals surface area contributed by atoms with E-state index in [1.165, 1.54) is 0 Å². The molecule has 0 fully saturated rings. The second-order valence-electron chi connectivity index (χ2n) is 5.04. The van der Waals surface area contributed by atoms with Gasteiger partial charge in [-0.05, 0) is 48.7 Å². The van der Waals surface area contributed by atoms with Gasteiger partial charge >= 0.3 is 0 Å². The van der Waals surface area contributed by atoms with Gasteiger partial charge in [-0.25, -0.2) is 0 Å². The van der Waals surface area contributed by atoms with E-state index in [-0.39, 0.29) is 5.91 Å². The van der Waals surface area contributed by atoms with Crippen LogP contribution < -0.4 is 4.90 Å². The molecule has 0 aliphatic carbocycles. The Morgan fingerprint density at radius 3 is 2.48 bits per heavy atom. The zero-order valence-electron chi connectivity index (χ0n) is 11.3. The van der Waals surface area contributed by atoms with E-state index < -0.39 is 0 Å². The topological polar surface area (TPSA) is 20.3 Å². The third-order valence-corrected chi connectivity index (χ3v) is 4.87. The Hall–Kier alpha value is -1.03. The van der Waals surface area contributed by atoms with Crippen LogP contribution in [0.5, 0.6) is 0 Å². The standard InChI is InChI=1S/C16H12BrCl2NO/c1-9-7-11(17)10-5-6-15(21)20(14(10)8-9)16-12(18)3-2-4-13(16)19/h2-4,7-8H,5-6H2,1H3. The van der Waals surface area contributed by atoms with Gasteiger partial charge in [0.15, 0.2) is 0 Å². The van der Waals surface area contributed by atoms with Crippen LogP contribution in [0.1, 0.15) is 17.5 Å². The molecule has 108 valence electrons. The van der Waals surface area contributed by atoms with Crippen molar-refractivity contribution in [2.24, 2.45) is 0 Å². The van der Waals surface area contributed by atoms with Crippen LogP contribution in [-0.2, 0) is 11.2 Å². The summed E-state index contributed by atoms with van der Waals surface area (Å²) in [7, 11) is 0. The van der Waals surface area contributed by atoms with Crippen molar-refractivity contribution in [3.63, 3.8) is 0 Å². The molecule has 0 saturated heterocycles. The van der Waals surface area contributed by atoms with E-state index in [4.69, 9.17) is 23.2 Å². The van der Waals surface area contributed by atoms with Gasteiger partial charge in [-0.15, -0.1) is 0 Å². The molecule has 0 aromatic heterocycles. The predicted molar refractivity (Wildman–Crippen MR) is 90.8 cm³/mol. The minimum atomic E-state index is 0.00926. The fourth-order valence-electron chi connectivity index (χ4n) is 2.63. The number of para-hydroxylation sites is 1. The molecule has 0 unspecified atom stereocenters. The molecule has 0 atom stereocenters. The summed E-state index contributed by atoms with van der Waals surface area (Å²) >= 11 is 16.2. The molecule has 0 N–H and O–H groups in total. The minimum absolute atomic E-state index is 0.00926. The Morgan fingerprint density at radius 1 is 1.14 bits per heavy atom. The van der Waals surface area contributed by atoms with Crippen LogP contribution in [0.2, 0.25) is 10.0 Å². The summed E-state index contributed by atoms with van der Waals surface area (Å²) in [4.78, 5) is 14.1. The second-order valence-corrected chi connectivity index (χ2v) is 6.71. The van der Waals surface area contributed by atoms with Crippen LogP contribution in [0, 0.1) is 6.92 Å². The molecule has 1 amide bonds. The van der Waals surface area contributed by atoms with Gasteiger partial charge in [0.2, 0.25) is 5.91 Å². The van der Waals surface area contributed by atoms with Crippen molar-refractivity contribution in [3.8, 4) is 0 Å². The van der Waals surface area contributed by atoms with Gasteiger partial charge in [0.05, 0.1) is 21.4 Å². The highest BCUT2D eigenvalue weighted by Crippen LogP contribution is 2.44. The first-order chi connectivity index (χ1) is 9.99. The zero-order valence-corrected chi connectivity index (χ0v) is 14.4. The average Bonchev–Trinajstić information content (AvgIpc) is 2.40. The molecule has 1 heterocycles. The van der Waals surface area contributed by atoms with Crippen LogP contribution in [0.4, 0.5) is 11.4 Å². The molecule has 2 nitrogen and oxygen atoms in total. The lowest BCUT2D eigenvalue weighted by molar-refractivity contribution is -0.118. The number of nitrogens with zero attached hydrogens (tertiary/aromatic N) is 1. The van der Waals surface area contributed by atoms with E-state index in [0.29, 0.717) is 28.6 Å². The Bertz CT molecular complexity index is 725. The van der Waals surface area contributed by atoms with Crippen LogP contribution in [-0.4, -0.2) is 5.91 Å². The van der Waals surface area contributed by atoms with Crippen molar-refractivity contribution >= 4 is 56.4 Å². The molecule has 2 aromatic carbocycles. The van der Waals surface area contributed by atoms with E-state index in [2.05, 4.69) is 22.0 Å². The van der Waals surface area contributed by atoms with E-state index in [0.717, 1.165) is 21.3 Å². The van der Waals surface area contributed by atoms with Crippen LogP contribution in [0.3, 0.4) is 0 Å². The summed E-state index contributed by atoms with van der Waals surface area (Å²) in [5.74, 6) is 0.00926. The lowest BCUT2D eigenvalue weighted by Gasteiger charge is -2.31. The van der Waals surface area contributed by atoms with Gasteiger partial charge in [0.25, 0.3) is 0 Å². The van der Waals surface area contributed by atoms with Crippen molar-refractivity contribution in [1.29, 1.82) is 0 Å². The first-order valence-electron chi connectivity index (χ1n) is 6.55. The highest BCUT2D eigenvalue weighted by atomic mass is 79.9.